The maximum atomic E-state index is 13.8. The molecule has 1 saturated heterocycles. The van der Waals surface area contributed by atoms with Gasteiger partial charge in [-0.1, -0.05) is 12.1 Å². The SMILES string of the molecule is O=C(Nc1ccccc1F)C1CCCN(c2ccc(-n3cccn3)nn2)C1. The van der Waals surface area contributed by atoms with E-state index in [2.05, 4.69) is 20.6 Å². The molecule has 0 radical (unpaired) electrons. The molecule has 1 N–H and O–H groups in total. The van der Waals surface area contributed by atoms with E-state index in [0.29, 0.717) is 18.2 Å². The first-order valence-corrected chi connectivity index (χ1v) is 8.85. The first kappa shape index (κ1) is 17.1. The van der Waals surface area contributed by atoms with Crippen molar-refractivity contribution in [3.63, 3.8) is 0 Å². The Morgan fingerprint density at radius 2 is 1.93 bits per heavy atom. The van der Waals surface area contributed by atoms with Crippen LogP contribution in [0.2, 0.25) is 0 Å². The third-order valence-corrected chi connectivity index (χ3v) is 4.62. The molecule has 1 fully saturated rings. The molecular weight excluding hydrogens is 347 g/mol. The van der Waals surface area contributed by atoms with Crippen LogP contribution in [-0.2, 0) is 4.79 Å². The summed E-state index contributed by atoms with van der Waals surface area (Å²) in [7, 11) is 0. The average Bonchev–Trinajstić information content (AvgIpc) is 3.25. The molecule has 1 unspecified atom stereocenters. The molecule has 138 valence electrons. The van der Waals surface area contributed by atoms with Crippen LogP contribution in [0.5, 0.6) is 0 Å². The minimum absolute atomic E-state index is 0.175. The van der Waals surface area contributed by atoms with E-state index in [1.54, 1.807) is 35.3 Å². The maximum absolute atomic E-state index is 13.8. The summed E-state index contributed by atoms with van der Waals surface area (Å²) < 4.78 is 15.4. The van der Waals surface area contributed by atoms with E-state index in [9.17, 15) is 9.18 Å². The maximum Gasteiger partial charge on any atom is 0.229 e. The predicted octanol–water partition coefficient (Wildman–Crippen LogP) is 2.66. The van der Waals surface area contributed by atoms with Gasteiger partial charge >= 0.3 is 0 Å². The van der Waals surface area contributed by atoms with Crippen LogP contribution in [0, 0.1) is 11.7 Å². The van der Waals surface area contributed by atoms with Gasteiger partial charge in [0.05, 0.1) is 11.6 Å². The summed E-state index contributed by atoms with van der Waals surface area (Å²) in [5.41, 5.74) is 0.211. The van der Waals surface area contributed by atoms with Crippen molar-refractivity contribution in [1.82, 2.24) is 20.0 Å². The number of anilines is 2. The fraction of sp³-hybridized carbons (Fsp3) is 0.263. The van der Waals surface area contributed by atoms with E-state index >= 15 is 0 Å². The van der Waals surface area contributed by atoms with Gasteiger partial charge in [0.25, 0.3) is 0 Å². The number of aromatic nitrogens is 4. The Hall–Kier alpha value is -3.29. The smallest absolute Gasteiger partial charge is 0.229 e. The van der Waals surface area contributed by atoms with Crippen LogP contribution in [-0.4, -0.2) is 39.0 Å². The minimum atomic E-state index is -0.432. The summed E-state index contributed by atoms with van der Waals surface area (Å²) >= 11 is 0. The number of hydrogen-bond acceptors (Lipinski definition) is 5. The molecule has 27 heavy (non-hydrogen) atoms. The van der Waals surface area contributed by atoms with E-state index in [1.807, 2.05) is 23.1 Å². The fourth-order valence-corrected chi connectivity index (χ4v) is 3.21. The number of carbonyl (C=O) groups is 1. The van der Waals surface area contributed by atoms with Crippen molar-refractivity contribution < 1.29 is 9.18 Å². The molecule has 1 aromatic carbocycles. The van der Waals surface area contributed by atoms with Gasteiger partial charge in [0.15, 0.2) is 11.6 Å². The minimum Gasteiger partial charge on any atom is -0.354 e. The largest absolute Gasteiger partial charge is 0.354 e. The van der Waals surface area contributed by atoms with Crippen molar-refractivity contribution in [2.75, 3.05) is 23.3 Å². The highest BCUT2D eigenvalue weighted by Gasteiger charge is 2.27. The summed E-state index contributed by atoms with van der Waals surface area (Å²) in [4.78, 5) is 14.6. The number of rotatable bonds is 4. The first-order chi connectivity index (χ1) is 13.2. The normalized spacial score (nSPS) is 16.9. The second kappa shape index (κ2) is 7.53. The average molecular weight is 366 g/mol. The highest BCUT2D eigenvalue weighted by molar-refractivity contribution is 5.93. The van der Waals surface area contributed by atoms with E-state index in [4.69, 9.17) is 0 Å². The van der Waals surface area contributed by atoms with Gasteiger partial charge in [-0.3, -0.25) is 4.79 Å². The quantitative estimate of drug-likeness (QED) is 0.768. The molecule has 0 spiro atoms. The van der Waals surface area contributed by atoms with Gasteiger partial charge < -0.3 is 10.2 Å². The number of para-hydroxylation sites is 1. The van der Waals surface area contributed by atoms with Crippen LogP contribution in [0.4, 0.5) is 15.9 Å². The Morgan fingerprint density at radius 3 is 2.67 bits per heavy atom. The number of carbonyl (C=O) groups excluding carboxylic acids is 1. The Bertz CT molecular complexity index is 912. The molecule has 8 heteroatoms. The lowest BCUT2D eigenvalue weighted by Gasteiger charge is -2.32. The summed E-state index contributed by atoms with van der Waals surface area (Å²) in [6, 6.07) is 11.7. The molecule has 0 saturated carbocycles. The fourth-order valence-electron chi connectivity index (χ4n) is 3.21. The lowest BCUT2D eigenvalue weighted by Crippen LogP contribution is -2.41. The second-order valence-corrected chi connectivity index (χ2v) is 6.45. The highest BCUT2D eigenvalue weighted by Crippen LogP contribution is 2.23. The predicted molar refractivity (Wildman–Crippen MR) is 99.1 cm³/mol. The molecule has 0 aliphatic carbocycles. The van der Waals surface area contributed by atoms with Crippen LogP contribution in [0.15, 0.2) is 54.9 Å². The standard InChI is InChI=1S/C19H19FN6O/c20-15-6-1-2-7-16(15)22-19(27)14-5-3-11-25(13-14)17-8-9-18(24-23-17)26-12-4-10-21-26/h1-2,4,6-10,12,14H,3,5,11,13H2,(H,22,27). The zero-order valence-electron chi connectivity index (χ0n) is 14.6. The number of hydrogen-bond donors (Lipinski definition) is 1. The number of halogens is 1. The molecule has 7 nitrogen and oxygen atoms in total. The van der Waals surface area contributed by atoms with Gasteiger partial charge in [0, 0.05) is 25.5 Å². The highest BCUT2D eigenvalue weighted by atomic mass is 19.1. The molecular formula is C19H19FN6O. The number of benzene rings is 1. The van der Waals surface area contributed by atoms with Gasteiger partial charge in [-0.15, -0.1) is 10.2 Å². The Labute approximate surface area is 155 Å². The van der Waals surface area contributed by atoms with Gasteiger partial charge in [-0.2, -0.15) is 5.10 Å². The van der Waals surface area contributed by atoms with Crippen LogP contribution in [0.3, 0.4) is 0 Å². The number of nitrogens with one attached hydrogen (secondary N) is 1. The topological polar surface area (TPSA) is 75.9 Å². The zero-order chi connectivity index (χ0) is 18.6. The van der Waals surface area contributed by atoms with Crippen molar-refractivity contribution in [3.05, 3.63) is 60.7 Å². The molecule has 0 bridgehead atoms. The van der Waals surface area contributed by atoms with Crippen LogP contribution in [0.25, 0.3) is 5.82 Å². The molecule has 2 aromatic heterocycles. The zero-order valence-corrected chi connectivity index (χ0v) is 14.6. The monoisotopic (exact) mass is 366 g/mol. The third kappa shape index (κ3) is 3.79. The molecule has 1 aliphatic rings. The molecule has 4 rings (SSSR count). The second-order valence-electron chi connectivity index (χ2n) is 6.45. The summed E-state index contributed by atoms with van der Waals surface area (Å²) in [6.07, 6.45) is 5.10. The van der Waals surface area contributed by atoms with Crippen molar-refractivity contribution in [2.45, 2.75) is 12.8 Å². The van der Waals surface area contributed by atoms with E-state index in [-0.39, 0.29) is 17.5 Å². The van der Waals surface area contributed by atoms with Gasteiger partial charge in [0.1, 0.15) is 5.82 Å². The van der Waals surface area contributed by atoms with Crippen molar-refractivity contribution in [3.8, 4) is 5.82 Å². The lowest BCUT2D eigenvalue weighted by atomic mass is 9.97. The van der Waals surface area contributed by atoms with Crippen LogP contribution >= 0.6 is 0 Å². The van der Waals surface area contributed by atoms with Crippen molar-refractivity contribution in [2.24, 2.45) is 5.92 Å². The van der Waals surface area contributed by atoms with E-state index in [1.165, 1.54) is 6.07 Å². The Morgan fingerprint density at radius 1 is 1.11 bits per heavy atom. The molecule has 3 heterocycles. The summed E-state index contributed by atoms with van der Waals surface area (Å²) in [5.74, 6) is 0.513. The third-order valence-electron chi connectivity index (χ3n) is 4.62. The Balaban J connectivity index is 1.43. The van der Waals surface area contributed by atoms with Gasteiger partial charge in [0.2, 0.25) is 5.91 Å². The molecule has 1 atom stereocenters. The number of amides is 1. The molecule has 1 amide bonds. The van der Waals surface area contributed by atoms with Crippen molar-refractivity contribution >= 4 is 17.4 Å². The lowest BCUT2D eigenvalue weighted by molar-refractivity contribution is -0.120. The summed E-state index contributed by atoms with van der Waals surface area (Å²) in [6.45, 7) is 1.33. The van der Waals surface area contributed by atoms with E-state index < -0.39 is 5.82 Å². The van der Waals surface area contributed by atoms with Crippen LogP contribution in [0.1, 0.15) is 12.8 Å². The van der Waals surface area contributed by atoms with Gasteiger partial charge in [-0.25, -0.2) is 9.07 Å². The van der Waals surface area contributed by atoms with Crippen molar-refractivity contribution in [1.29, 1.82) is 0 Å². The first-order valence-electron chi connectivity index (χ1n) is 8.85. The molecule has 1 aliphatic heterocycles. The van der Waals surface area contributed by atoms with Gasteiger partial charge in [-0.05, 0) is 43.2 Å². The van der Waals surface area contributed by atoms with E-state index in [0.717, 1.165) is 19.4 Å². The molecule has 3 aromatic rings. The number of nitrogens with zero attached hydrogens (tertiary/aromatic N) is 5. The number of piperidine rings is 1. The van der Waals surface area contributed by atoms with Crippen LogP contribution < -0.4 is 10.2 Å². The summed E-state index contributed by atoms with van der Waals surface area (Å²) in [5, 5.41) is 15.3. The Kier molecular flexibility index (Phi) is 4.78.